The van der Waals surface area contributed by atoms with Crippen molar-refractivity contribution in [1.29, 1.82) is 0 Å². The van der Waals surface area contributed by atoms with Gasteiger partial charge < -0.3 is 8.92 Å². The number of hydrogen-bond acceptors (Lipinski definition) is 5. The third-order valence-electron chi connectivity index (χ3n) is 4.20. The maximum absolute atomic E-state index is 12.5. The standard InChI is InChI=1S/C22H16O5S/c1-28(24,25)27-18-11-12-19-20(14-18)26-21(22(19)23)13-15-7-9-17(10-8-15)16-5-3-2-4-6-16/h2-14H,1H3/b21-13-. The average Bonchev–Trinajstić information content (AvgIpc) is 2.97. The molecule has 1 aliphatic heterocycles. The normalized spacial score (nSPS) is 14.6. The first kappa shape index (κ1) is 18.0. The average molecular weight is 392 g/mol. The number of carbonyl (C=O) groups excluding carboxylic acids is 1. The highest BCUT2D eigenvalue weighted by Gasteiger charge is 2.28. The van der Waals surface area contributed by atoms with Gasteiger partial charge in [-0.3, -0.25) is 4.79 Å². The second-order valence-corrected chi connectivity index (χ2v) is 7.95. The van der Waals surface area contributed by atoms with Gasteiger partial charge in [-0.1, -0.05) is 54.6 Å². The third kappa shape index (κ3) is 3.82. The van der Waals surface area contributed by atoms with E-state index in [1.807, 2.05) is 54.6 Å². The van der Waals surface area contributed by atoms with E-state index < -0.39 is 10.1 Å². The molecule has 4 rings (SSSR count). The van der Waals surface area contributed by atoms with E-state index in [1.165, 1.54) is 18.2 Å². The topological polar surface area (TPSA) is 69.7 Å². The number of fused-ring (bicyclic) bond motifs is 1. The minimum atomic E-state index is -3.65. The molecule has 6 heteroatoms. The minimum Gasteiger partial charge on any atom is -0.452 e. The van der Waals surface area contributed by atoms with Crippen LogP contribution in [0.2, 0.25) is 0 Å². The molecule has 0 saturated carbocycles. The quantitative estimate of drug-likeness (QED) is 0.489. The van der Waals surface area contributed by atoms with Crippen molar-refractivity contribution >= 4 is 22.0 Å². The monoisotopic (exact) mass is 392 g/mol. The zero-order valence-electron chi connectivity index (χ0n) is 15.0. The highest BCUT2D eigenvalue weighted by atomic mass is 32.2. The summed E-state index contributed by atoms with van der Waals surface area (Å²) in [6, 6.07) is 22.1. The molecule has 0 atom stereocenters. The van der Waals surface area contributed by atoms with Crippen LogP contribution in [0.25, 0.3) is 17.2 Å². The van der Waals surface area contributed by atoms with Gasteiger partial charge in [0.15, 0.2) is 5.76 Å². The lowest BCUT2D eigenvalue weighted by Gasteiger charge is -2.04. The van der Waals surface area contributed by atoms with Crippen molar-refractivity contribution in [2.24, 2.45) is 0 Å². The number of carbonyl (C=O) groups is 1. The number of hydrogen-bond donors (Lipinski definition) is 0. The van der Waals surface area contributed by atoms with Crippen molar-refractivity contribution in [3.8, 4) is 22.6 Å². The van der Waals surface area contributed by atoms with Gasteiger partial charge in [-0.05, 0) is 34.9 Å². The summed E-state index contributed by atoms with van der Waals surface area (Å²) in [7, 11) is -3.65. The SMILES string of the molecule is CS(=O)(=O)Oc1ccc2c(c1)O/C(=C\c1ccc(-c3ccccc3)cc1)C2=O. The molecule has 0 saturated heterocycles. The third-order valence-corrected chi connectivity index (χ3v) is 4.70. The van der Waals surface area contributed by atoms with Gasteiger partial charge in [-0.2, -0.15) is 8.42 Å². The first-order chi connectivity index (χ1) is 13.4. The number of ketones is 1. The maximum Gasteiger partial charge on any atom is 0.306 e. The fraction of sp³-hybridized carbons (Fsp3) is 0.0455. The van der Waals surface area contributed by atoms with Gasteiger partial charge in [0.2, 0.25) is 5.78 Å². The van der Waals surface area contributed by atoms with Crippen molar-refractivity contribution in [1.82, 2.24) is 0 Å². The van der Waals surface area contributed by atoms with E-state index in [9.17, 15) is 13.2 Å². The smallest absolute Gasteiger partial charge is 0.306 e. The molecule has 140 valence electrons. The van der Waals surface area contributed by atoms with Crippen molar-refractivity contribution < 1.29 is 22.1 Å². The van der Waals surface area contributed by atoms with Gasteiger partial charge >= 0.3 is 10.1 Å². The highest BCUT2D eigenvalue weighted by Crippen LogP contribution is 2.35. The predicted molar refractivity (Wildman–Crippen MR) is 107 cm³/mol. The van der Waals surface area contributed by atoms with Crippen molar-refractivity contribution in [3.63, 3.8) is 0 Å². The first-order valence-corrected chi connectivity index (χ1v) is 10.3. The molecule has 5 nitrogen and oxygen atoms in total. The van der Waals surface area contributed by atoms with Crippen LogP contribution >= 0.6 is 0 Å². The van der Waals surface area contributed by atoms with Crippen molar-refractivity contribution in [3.05, 3.63) is 89.7 Å². The van der Waals surface area contributed by atoms with Crippen LogP contribution in [-0.2, 0) is 10.1 Å². The summed E-state index contributed by atoms with van der Waals surface area (Å²) in [4.78, 5) is 12.5. The lowest BCUT2D eigenvalue weighted by atomic mass is 10.0. The summed E-state index contributed by atoms with van der Waals surface area (Å²) in [5, 5.41) is 0. The van der Waals surface area contributed by atoms with E-state index in [2.05, 4.69) is 0 Å². The van der Waals surface area contributed by atoms with E-state index in [1.54, 1.807) is 6.08 Å². The molecular formula is C22H16O5S. The molecule has 0 bridgehead atoms. The molecule has 0 radical (unpaired) electrons. The Balaban J connectivity index is 1.58. The summed E-state index contributed by atoms with van der Waals surface area (Å²) >= 11 is 0. The Labute approximate surface area is 163 Å². The molecule has 0 fully saturated rings. The molecule has 3 aromatic carbocycles. The molecule has 0 N–H and O–H groups in total. The number of allylic oxidation sites excluding steroid dienone is 1. The second kappa shape index (κ2) is 6.98. The molecule has 1 aliphatic rings. The van der Waals surface area contributed by atoms with Gasteiger partial charge in [0, 0.05) is 6.07 Å². The number of Topliss-reactive ketones (excluding diaryl/α,β-unsaturated/α-hetero) is 1. The van der Waals surface area contributed by atoms with Crippen molar-refractivity contribution in [2.75, 3.05) is 6.26 Å². The van der Waals surface area contributed by atoms with Crippen LogP contribution < -0.4 is 8.92 Å². The summed E-state index contributed by atoms with van der Waals surface area (Å²) in [6.07, 6.45) is 2.62. The molecular weight excluding hydrogens is 376 g/mol. The Bertz CT molecular complexity index is 1180. The maximum atomic E-state index is 12.5. The Morgan fingerprint density at radius 2 is 1.57 bits per heavy atom. The Morgan fingerprint density at radius 3 is 2.25 bits per heavy atom. The molecule has 28 heavy (non-hydrogen) atoms. The second-order valence-electron chi connectivity index (χ2n) is 6.37. The zero-order chi connectivity index (χ0) is 19.7. The lowest BCUT2D eigenvalue weighted by molar-refractivity contribution is 0.101. The molecule has 0 spiro atoms. The van der Waals surface area contributed by atoms with Gasteiger partial charge in [0.25, 0.3) is 0 Å². The zero-order valence-corrected chi connectivity index (χ0v) is 15.8. The van der Waals surface area contributed by atoms with E-state index in [-0.39, 0.29) is 23.0 Å². The summed E-state index contributed by atoms with van der Waals surface area (Å²) < 4.78 is 33.0. The van der Waals surface area contributed by atoms with Crippen LogP contribution in [-0.4, -0.2) is 20.5 Å². The van der Waals surface area contributed by atoms with E-state index in [0.717, 1.165) is 22.9 Å². The van der Waals surface area contributed by atoms with Gasteiger partial charge in [-0.25, -0.2) is 0 Å². The molecule has 0 unspecified atom stereocenters. The summed E-state index contributed by atoms with van der Waals surface area (Å²) in [5.74, 6) is 0.299. The molecule has 3 aromatic rings. The molecule has 1 heterocycles. The Kier molecular flexibility index (Phi) is 4.49. The van der Waals surface area contributed by atoms with Gasteiger partial charge in [-0.15, -0.1) is 0 Å². The highest BCUT2D eigenvalue weighted by molar-refractivity contribution is 7.86. The van der Waals surface area contributed by atoms with Crippen LogP contribution in [0.15, 0.2) is 78.6 Å². The first-order valence-electron chi connectivity index (χ1n) is 8.52. The fourth-order valence-corrected chi connectivity index (χ4v) is 3.40. The Hall–Kier alpha value is -3.38. The summed E-state index contributed by atoms with van der Waals surface area (Å²) in [5.41, 5.74) is 3.38. The number of benzene rings is 3. The van der Waals surface area contributed by atoms with E-state index >= 15 is 0 Å². The Morgan fingerprint density at radius 1 is 0.893 bits per heavy atom. The van der Waals surface area contributed by atoms with Crippen LogP contribution in [0.1, 0.15) is 15.9 Å². The molecule has 0 aromatic heterocycles. The number of rotatable bonds is 4. The van der Waals surface area contributed by atoms with Crippen LogP contribution in [0.5, 0.6) is 11.5 Å². The van der Waals surface area contributed by atoms with Crippen molar-refractivity contribution in [2.45, 2.75) is 0 Å². The largest absolute Gasteiger partial charge is 0.452 e. The summed E-state index contributed by atoms with van der Waals surface area (Å²) in [6.45, 7) is 0. The molecule has 0 aliphatic carbocycles. The van der Waals surface area contributed by atoms with Crippen LogP contribution in [0.3, 0.4) is 0 Å². The van der Waals surface area contributed by atoms with Crippen LogP contribution in [0, 0.1) is 0 Å². The van der Waals surface area contributed by atoms with Gasteiger partial charge in [0.05, 0.1) is 11.8 Å². The molecule has 0 amide bonds. The van der Waals surface area contributed by atoms with E-state index in [0.29, 0.717) is 5.56 Å². The van der Waals surface area contributed by atoms with Gasteiger partial charge in [0.1, 0.15) is 11.5 Å². The lowest BCUT2D eigenvalue weighted by Crippen LogP contribution is -2.05. The predicted octanol–water partition coefficient (Wildman–Crippen LogP) is 4.31. The van der Waals surface area contributed by atoms with E-state index in [4.69, 9.17) is 8.92 Å². The van der Waals surface area contributed by atoms with Crippen LogP contribution in [0.4, 0.5) is 0 Å². The fourth-order valence-electron chi connectivity index (χ4n) is 2.95. The minimum absolute atomic E-state index is 0.0996. The number of ether oxygens (including phenoxy) is 1.